The van der Waals surface area contributed by atoms with Crippen LogP contribution in [0, 0.1) is 5.82 Å². The summed E-state index contributed by atoms with van der Waals surface area (Å²) in [5.41, 5.74) is 0.883. The van der Waals surface area contributed by atoms with Crippen LogP contribution in [0.15, 0.2) is 47.5 Å². The zero-order chi connectivity index (χ0) is 17.1. The van der Waals surface area contributed by atoms with Crippen molar-refractivity contribution in [2.24, 2.45) is 0 Å². The number of nitrogens with one attached hydrogen (secondary N) is 1. The van der Waals surface area contributed by atoms with Crippen molar-refractivity contribution in [3.8, 4) is 0 Å². The van der Waals surface area contributed by atoms with Gasteiger partial charge in [0.05, 0.1) is 17.2 Å². The quantitative estimate of drug-likeness (QED) is 0.723. The molecule has 9 heteroatoms. The molecule has 0 saturated heterocycles. The van der Waals surface area contributed by atoms with Crippen LogP contribution >= 0.6 is 15.9 Å². The molecule has 2 aromatic heterocycles. The van der Waals surface area contributed by atoms with E-state index < -0.39 is 6.04 Å². The minimum atomic E-state index is -0.500. The summed E-state index contributed by atoms with van der Waals surface area (Å²) in [6.45, 7) is 2.16. The Bertz CT molecular complexity index is 844. The summed E-state index contributed by atoms with van der Waals surface area (Å²) < 4.78 is 16.8. The van der Waals surface area contributed by atoms with Gasteiger partial charge in [-0.05, 0) is 40.5 Å². The number of carbonyl (C=O) groups excluding carboxylic acids is 1. The van der Waals surface area contributed by atoms with Gasteiger partial charge in [-0.15, -0.1) is 5.10 Å². The number of hydrogen-bond acceptors (Lipinski definition) is 4. The highest BCUT2D eigenvalue weighted by Crippen LogP contribution is 2.13. The van der Waals surface area contributed by atoms with E-state index in [4.69, 9.17) is 0 Å². The number of benzene rings is 1. The van der Waals surface area contributed by atoms with Crippen LogP contribution in [-0.4, -0.2) is 30.5 Å². The average Bonchev–Trinajstić information content (AvgIpc) is 3.18. The minimum Gasteiger partial charge on any atom is -0.291 e. The highest BCUT2D eigenvalue weighted by atomic mass is 79.9. The van der Waals surface area contributed by atoms with Crippen LogP contribution in [0.3, 0.4) is 0 Å². The maximum Gasteiger partial charge on any atom is 0.251 e. The van der Waals surface area contributed by atoms with Gasteiger partial charge in [-0.3, -0.25) is 14.8 Å². The molecule has 1 aromatic carbocycles. The van der Waals surface area contributed by atoms with E-state index in [1.165, 1.54) is 23.1 Å². The van der Waals surface area contributed by atoms with Gasteiger partial charge in [0.1, 0.15) is 18.2 Å². The SMILES string of the molecule is CC(C(=O)Nc1ncn(Cc2ccc(F)cc2)n1)n1cc(Br)cn1. The number of rotatable bonds is 5. The Kier molecular flexibility index (Phi) is 4.70. The smallest absolute Gasteiger partial charge is 0.251 e. The van der Waals surface area contributed by atoms with Crippen molar-refractivity contribution in [1.29, 1.82) is 0 Å². The van der Waals surface area contributed by atoms with E-state index in [1.807, 2.05) is 0 Å². The summed E-state index contributed by atoms with van der Waals surface area (Å²) in [5.74, 6) is -0.352. The van der Waals surface area contributed by atoms with E-state index in [2.05, 4.69) is 36.4 Å². The fourth-order valence-electron chi connectivity index (χ4n) is 2.07. The number of hydrogen-bond donors (Lipinski definition) is 1. The highest BCUT2D eigenvalue weighted by Gasteiger charge is 2.17. The zero-order valence-electron chi connectivity index (χ0n) is 12.7. The van der Waals surface area contributed by atoms with Gasteiger partial charge in [-0.25, -0.2) is 14.1 Å². The average molecular weight is 393 g/mol. The molecule has 7 nitrogen and oxygen atoms in total. The molecular formula is C15H14BrFN6O. The molecule has 0 aliphatic heterocycles. The van der Waals surface area contributed by atoms with Crippen LogP contribution in [0.5, 0.6) is 0 Å². The summed E-state index contributed by atoms with van der Waals surface area (Å²) >= 11 is 3.29. The van der Waals surface area contributed by atoms with Crippen molar-refractivity contribution in [2.75, 3.05) is 5.32 Å². The van der Waals surface area contributed by atoms with Gasteiger partial charge in [-0.2, -0.15) is 5.10 Å². The molecule has 1 amide bonds. The molecule has 0 radical (unpaired) electrons. The summed E-state index contributed by atoms with van der Waals surface area (Å²) in [4.78, 5) is 16.3. The van der Waals surface area contributed by atoms with Crippen molar-refractivity contribution >= 4 is 27.8 Å². The van der Waals surface area contributed by atoms with Crippen LogP contribution < -0.4 is 5.32 Å². The summed E-state index contributed by atoms with van der Waals surface area (Å²) in [6.07, 6.45) is 4.83. The summed E-state index contributed by atoms with van der Waals surface area (Å²) in [7, 11) is 0. The van der Waals surface area contributed by atoms with Crippen molar-refractivity contribution in [2.45, 2.75) is 19.5 Å². The molecule has 0 bridgehead atoms. The van der Waals surface area contributed by atoms with E-state index in [-0.39, 0.29) is 17.7 Å². The largest absolute Gasteiger partial charge is 0.291 e. The first-order chi connectivity index (χ1) is 11.5. The molecule has 24 heavy (non-hydrogen) atoms. The van der Waals surface area contributed by atoms with Gasteiger partial charge >= 0.3 is 0 Å². The molecule has 0 aliphatic carbocycles. The third-order valence-corrected chi connectivity index (χ3v) is 3.79. The fourth-order valence-corrected chi connectivity index (χ4v) is 2.37. The molecule has 2 heterocycles. The minimum absolute atomic E-state index is 0.209. The van der Waals surface area contributed by atoms with E-state index in [0.29, 0.717) is 6.54 Å². The van der Waals surface area contributed by atoms with E-state index >= 15 is 0 Å². The lowest BCUT2D eigenvalue weighted by Gasteiger charge is -2.10. The Hall–Kier alpha value is -2.55. The van der Waals surface area contributed by atoms with Crippen LogP contribution in [0.1, 0.15) is 18.5 Å². The maximum atomic E-state index is 12.9. The number of aromatic nitrogens is 5. The van der Waals surface area contributed by atoms with Crippen LogP contribution in [-0.2, 0) is 11.3 Å². The van der Waals surface area contributed by atoms with Gasteiger partial charge < -0.3 is 0 Å². The standard InChI is InChI=1S/C15H14BrFN6O/c1-10(23-8-12(16)6-19-23)14(24)20-15-18-9-22(21-15)7-11-2-4-13(17)5-3-11/h2-6,8-10H,7H2,1H3,(H,20,21,24). The molecule has 3 aromatic rings. The Morgan fingerprint density at radius 1 is 1.38 bits per heavy atom. The van der Waals surface area contributed by atoms with Crippen molar-refractivity contribution in [3.63, 3.8) is 0 Å². The maximum absolute atomic E-state index is 12.9. The van der Waals surface area contributed by atoms with Gasteiger partial charge in [0.2, 0.25) is 5.95 Å². The summed E-state index contributed by atoms with van der Waals surface area (Å²) in [5, 5.41) is 10.9. The summed E-state index contributed by atoms with van der Waals surface area (Å²) in [6, 6.07) is 5.62. The second kappa shape index (κ2) is 6.91. The topological polar surface area (TPSA) is 77.6 Å². The number of amides is 1. The molecule has 0 saturated carbocycles. The molecule has 0 aliphatic rings. The number of carbonyl (C=O) groups is 1. The lowest BCUT2D eigenvalue weighted by atomic mass is 10.2. The van der Waals surface area contributed by atoms with E-state index in [1.54, 1.807) is 36.1 Å². The second-order valence-corrected chi connectivity index (χ2v) is 6.11. The molecule has 124 valence electrons. The Morgan fingerprint density at radius 3 is 2.79 bits per heavy atom. The normalized spacial score (nSPS) is 12.1. The second-order valence-electron chi connectivity index (χ2n) is 5.20. The number of anilines is 1. The Labute approximate surface area is 145 Å². The van der Waals surface area contributed by atoms with Gasteiger partial charge in [0, 0.05) is 6.20 Å². The molecule has 3 rings (SSSR count). The molecule has 0 spiro atoms. The van der Waals surface area contributed by atoms with Crippen molar-refractivity contribution in [3.05, 3.63) is 58.8 Å². The lowest BCUT2D eigenvalue weighted by Crippen LogP contribution is -2.24. The van der Waals surface area contributed by atoms with Crippen molar-refractivity contribution < 1.29 is 9.18 Å². The first-order valence-corrected chi connectivity index (χ1v) is 7.95. The Balaban J connectivity index is 1.63. The van der Waals surface area contributed by atoms with Crippen LogP contribution in [0.25, 0.3) is 0 Å². The number of halogens is 2. The van der Waals surface area contributed by atoms with E-state index in [0.717, 1.165) is 10.0 Å². The van der Waals surface area contributed by atoms with Gasteiger partial charge in [0.25, 0.3) is 5.91 Å². The highest BCUT2D eigenvalue weighted by molar-refractivity contribution is 9.10. The molecule has 0 fully saturated rings. The monoisotopic (exact) mass is 392 g/mol. The predicted octanol–water partition coefficient (Wildman–Crippen LogP) is 2.62. The fraction of sp³-hybridized carbons (Fsp3) is 0.200. The van der Waals surface area contributed by atoms with Gasteiger partial charge in [-0.1, -0.05) is 12.1 Å². The first kappa shape index (κ1) is 16.3. The van der Waals surface area contributed by atoms with E-state index in [9.17, 15) is 9.18 Å². The van der Waals surface area contributed by atoms with Crippen molar-refractivity contribution in [1.82, 2.24) is 24.5 Å². The Morgan fingerprint density at radius 2 is 2.12 bits per heavy atom. The predicted molar refractivity (Wildman–Crippen MR) is 88.8 cm³/mol. The molecule has 1 unspecified atom stereocenters. The first-order valence-electron chi connectivity index (χ1n) is 7.15. The third kappa shape index (κ3) is 3.85. The molecular weight excluding hydrogens is 379 g/mol. The third-order valence-electron chi connectivity index (χ3n) is 3.38. The lowest BCUT2D eigenvalue weighted by molar-refractivity contribution is -0.119. The zero-order valence-corrected chi connectivity index (χ0v) is 14.3. The van der Waals surface area contributed by atoms with Crippen LogP contribution in [0.2, 0.25) is 0 Å². The number of nitrogens with zero attached hydrogens (tertiary/aromatic N) is 5. The van der Waals surface area contributed by atoms with Crippen LogP contribution in [0.4, 0.5) is 10.3 Å². The molecule has 1 atom stereocenters. The van der Waals surface area contributed by atoms with Gasteiger partial charge in [0.15, 0.2) is 0 Å². The molecule has 1 N–H and O–H groups in total.